The van der Waals surface area contributed by atoms with Gasteiger partial charge in [-0.3, -0.25) is 29.4 Å². The molecule has 1 aliphatic carbocycles. The number of rotatable bonds is 32. The van der Waals surface area contributed by atoms with E-state index < -0.39 is 70.6 Å². The monoisotopic (exact) mass is 1480 g/mol. The molecule has 25 heteroatoms. The molecular formula is C80H107N7O16Si2. The fourth-order valence-corrected chi connectivity index (χ4v) is 14.3. The number of benzene rings is 5. The molecule has 8 rings (SSSR count). The summed E-state index contributed by atoms with van der Waals surface area (Å²) in [6, 6.07) is 26.2. The van der Waals surface area contributed by atoms with E-state index in [2.05, 4.69) is 95.6 Å². The van der Waals surface area contributed by atoms with Crippen LogP contribution in [0.5, 0.6) is 23.0 Å². The number of carboxylic acid groups (broad SMARTS) is 1. The molecule has 4 atom stereocenters. The first kappa shape index (κ1) is 81.2. The topological polar surface area (TPSA) is 271 Å². The van der Waals surface area contributed by atoms with E-state index in [0.717, 1.165) is 33.4 Å². The molecule has 566 valence electrons. The van der Waals surface area contributed by atoms with Gasteiger partial charge < -0.3 is 68.1 Å². The third-order valence-electron chi connectivity index (χ3n) is 20.3. The lowest BCUT2D eigenvalue weighted by Crippen LogP contribution is -2.53. The second-order valence-electron chi connectivity index (χ2n) is 30.6. The summed E-state index contributed by atoms with van der Waals surface area (Å²) in [4.78, 5) is 101. The first-order valence-electron chi connectivity index (χ1n) is 35.9. The van der Waals surface area contributed by atoms with Crippen molar-refractivity contribution >= 4 is 75.6 Å². The van der Waals surface area contributed by atoms with Crippen LogP contribution < -0.4 is 45.1 Å². The fraction of sp³-hybridized carbons (Fsp3) is 0.463. The zero-order valence-corrected chi connectivity index (χ0v) is 66.0. The Morgan fingerprint density at radius 2 is 1.13 bits per heavy atom. The minimum Gasteiger partial charge on any atom is -0.493 e. The smallest absolute Gasteiger partial charge is 0.411 e. The number of carbonyl (C=O) groups is 7. The van der Waals surface area contributed by atoms with E-state index in [1.54, 1.807) is 60.0 Å². The van der Waals surface area contributed by atoms with E-state index in [1.165, 1.54) is 44.3 Å². The predicted molar refractivity (Wildman–Crippen MR) is 413 cm³/mol. The first-order chi connectivity index (χ1) is 49.6. The van der Waals surface area contributed by atoms with E-state index in [-0.39, 0.29) is 112 Å². The highest BCUT2D eigenvalue weighted by atomic mass is 28.4. The third kappa shape index (κ3) is 20.3. The maximum Gasteiger partial charge on any atom is 0.411 e. The molecule has 5 aromatic carbocycles. The summed E-state index contributed by atoms with van der Waals surface area (Å²) in [5.74, 6) is -1.58. The molecule has 0 spiro atoms. The molecule has 0 saturated heterocycles. The molecule has 0 unspecified atom stereocenters. The minimum absolute atomic E-state index is 0.00365. The van der Waals surface area contributed by atoms with E-state index in [9.17, 15) is 33.9 Å². The number of nitrogens with one attached hydrogen (secondary N) is 4. The lowest BCUT2D eigenvalue weighted by molar-refractivity contribution is -0.128. The number of methoxy groups -OCH3 is 2. The van der Waals surface area contributed by atoms with Crippen LogP contribution in [-0.2, 0) is 34.5 Å². The van der Waals surface area contributed by atoms with Crippen molar-refractivity contribution < 1.29 is 75.9 Å². The van der Waals surface area contributed by atoms with Gasteiger partial charge in [-0.2, -0.15) is 0 Å². The molecule has 0 radical (unpaired) electrons. The first-order valence-corrected chi connectivity index (χ1v) is 41.7. The van der Waals surface area contributed by atoms with E-state index in [4.69, 9.17) is 37.3 Å². The van der Waals surface area contributed by atoms with E-state index >= 15 is 4.79 Å². The normalized spacial score (nSPS) is 15.7. The van der Waals surface area contributed by atoms with Crippen molar-refractivity contribution in [3.63, 3.8) is 0 Å². The zero-order chi connectivity index (χ0) is 76.9. The number of amides is 7. The average Bonchev–Trinajstić information content (AvgIpc) is 1.72. The molecule has 23 nitrogen and oxygen atoms in total. The SMILES string of the molecule is C=CCOC(=O)N[C@H](C(=O)N[C@@H](C)C(=O)Nc1ccc(COC(=O)Nc2cc(OCCCCCOc3cc(N(CC4c5ccccc5-c5ccccc54)C(=O)O)c(C(=O)N4C=C(C)C[C@H]4CO[Si](C)(C)C(C)(C)C)cc3OC)c(OC)cc2C(=O)N2C=C(C)C[C@H]2CO[Si](C)(C)C(C)(C)C)cc1)C(C)C. The van der Waals surface area contributed by atoms with Crippen LogP contribution in [0.25, 0.3) is 11.1 Å². The largest absolute Gasteiger partial charge is 0.493 e. The highest BCUT2D eigenvalue weighted by molar-refractivity contribution is 6.74. The Hall–Kier alpha value is -9.44. The Morgan fingerprint density at radius 3 is 1.63 bits per heavy atom. The van der Waals surface area contributed by atoms with Crippen LogP contribution in [0, 0.1) is 5.92 Å². The van der Waals surface area contributed by atoms with Gasteiger partial charge in [-0.25, -0.2) is 14.4 Å². The van der Waals surface area contributed by atoms with Gasteiger partial charge >= 0.3 is 18.3 Å². The molecule has 0 saturated carbocycles. The minimum atomic E-state index is -2.23. The number of ether oxygens (including phenoxy) is 6. The Labute approximate surface area is 620 Å². The van der Waals surface area contributed by atoms with Gasteiger partial charge in [0.25, 0.3) is 11.8 Å². The van der Waals surface area contributed by atoms with Crippen LogP contribution in [0.3, 0.4) is 0 Å². The summed E-state index contributed by atoms with van der Waals surface area (Å²) >= 11 is 0. The summed E-state index contributed by atoms with van der Waals surface area (Å²) in [6.07, 6.45) is 4.95. The van der Waals surface area contributed by atoms with Gasteiger partial charge in [-0.05, 0) is 147 Å². The highest BCUT2D eigenvalue weighted by Gasteiger charge is 2.43. The van der Waals surface area contributed by atoms with Crippen molar-refractivity contribution in [3.8, 4) is 34.1 Å². The van der Waals surface area contributed by atoms with Crippen LogP contribution in [0.15, 0.2) is 133 Å². The summed E-state index contributed by atoms with van der Waals surface area (Å²) < 4.78 is 48.8. The summed E-state index contributed by atoms with van der Waals surface area (Å²) in [5.41, 5.74) is 7.45. The molecule has 2 heterocycles. The van der Waals surface area contributed by atoms with Gasteiger partial charge in [0, 0.05) is 42.7 Å². The van der Waals surface area contributed by atoms with Crippen molar-refractivity contribution in [2.75, 3.05) is 69.3 Å². The number of fused-ring (bicyclic) bond motifs is 3. The lowest BCUT2D eigenvalue weighted by atomic mass is 9.95. The third-order valence-corrected chi connectivity index (χ3v) is 29.3. The standard InChI is InChI=1S/C80H107N7O16Si2/c1-19-35-100-77(93)84-71(50(2)3)73(89)81-53(6)72(88)82-55-33-31-54(32-34-55)47-101-76(92)83-65-42-69(67(96-13)40-62(65)74(90)85-44-51(4)38-56(85)48-102-104(15,16)79(7,8)9)98-36-25-20-26-37-99-70-43-66(87(78(94)95)46-64-60-29-23-21-27-58(60)59-28-22-24-30-61(59)64)63(41-68(70)97-14)75(91)86-45-52(5)39-57(86)49-103-105(17,18)80(10,11)12/h19,21-24,27-34,40-45,50,53,56-57,64,71H,1,20,25-26,35-39,46-49H2,2-18H3,(H,81,89)(H,82,88)(H,83,92)(H,84,93)(H,94,95)/t53-,56-,57-,71-/m0/s1. The molecule has 3 aliphatic rings. The van der Waals surface area contributed by atoms with Gasteiger partial charge in [0.15, 0.2) is 39.6 Å². The molecular weight excluding hydrogens is 1370 g/mol. The van der Waals surface area contributed by atoms with Crippen LogP contribution in [-0.4, -0.2) is 151 Å². The zero-order valence-electron chi connectivity index (χ0n) is 64.0. The fourth-order valence-electron chi connectivity index (χ4n) is 12.2. The molecule has 0 aromatic heterocycles. The highest BCUT2D eigenvalue weighted by Crippen LogP contribution is 2.47. The maximum absolute atomic E-state index is 15.3. The number of unbranched alkanes of at least 4 members (excludes halogenated alkanes) is 2. The van der Waals surface area contributed by atoms with Crippen molar-refractivity contribution in [1.29, 1.82) is 0 Å². The summed E-state index contributed by atoms with van der Waals surface area (Å²) in [6.45, 7) is 34.9. The Morgan fingerprint density at radius 1 is 0.629 bits per heavy atom. The second-order valence-corrected chi connectivity index (χ2v) is 40.2. The summed E-state index contributed by atoms with van der Waals surface area (Å²) in [7, 11) is -1.51. The van der Waals surface area contributed by atoms with Crippen LogP contribution in [0.1, 0.15) is 152 Å². The second kappa shape index (κ2) is 35.1. The lowest BCUT2D eigenvalue weighted by Gasteiger charge is -2.38. The Balaban J connectivity index is 0.974. The molecule has 105 heavy (non-hydrogen) atoms. The van der Waals surface area contributed by atoms with Gasteiger partial charge in [0.2, 0.25) is 11.8 Å². The van der Waals surface area contributed by atoms with Crippen molar-refractivity contribution in [1.82, 2.24) is 20.4 Å². The number of hydrogen-bond donors (Lipinski definition) is 5. The summed E-state index contributed by atoms with van der Waals surface area (Å²) in [5, 5.41) is 21.9. The van der Waals surface area contributed by atoms with Gasteiger partial charge in [0.05, 0.1) is 75.2 Å². The van der Waals surface area contributed by atoms with Gasteiger partial charge in [0.1, 0.15) is 25.3 Å². The van der Waals surface area contributed by atoms with Crippen LogP contribution in [0.4, 0.5) is 31.4 Å². The molecule has 0 fully saturated rings. The quantitative estimate of drug-likeness (QED) is 0.0152. The van der Waals surface area contributed by atoms with Crippen molar-refractivity contribution in [2.45, 2.75) is 181 Å². The average molecular weight is 1480 g/mol. The van der Waals surface area contributed by atoms with Crippen LogP contribution >= 0.6 is 0 Å². The number of hydrogen-bond acceptors (Lipinski definition) is 15. The molecule has 5 N–H and O–H groups in total. The number of nitrogens with zero attached hydrogens (tertiary/aromatic N) is 3. The number of anilines is 3. The maximum atomic E-state index is 15.3. The molecule has 2 aliphatic heterocycles. The van der Waals surface area contributed by atoms with E-state index in [1.807, 2.05) is 74.8 Å². The molecule has 7 amide bonds. The van der Waals surface area contributed by atoms with E-state index in [0.29, 0.717) is 56.6 Å². The van der Waals surface area contributed by atoms with Gasteiger partial charge in [-0.15, -0.1) is 0 Å². The molecule has 5 aromatic rings. The van der Waals surface area contributed by atoms with Gasteiger partial charge in [-0.1, -0.05) is 140 Å². The van der Waals surface area contributed by atoms with Crippen molar-refractivity contribution in [2.24, 2.45) is 5.92 Å². The number of carbonyl (C=O) groups excluding carboxylic acids is 6. The Bertz CT molecular complexity index is 4000. The molecule has 0 bridgehead atoms. The van der Waals surface area contributed by atoms with Crippen LogP contribution in [0.2, 0.25) is 36.3 Å². The van der Waals surface area contributed by atoms with Crippen molar-refractivity contribution in [3.05, 3.63) is 161 Å². The Kier molecular flexibility index (Phi) is 27.2. The predicted octanol–water partition coefficient (Wildman–Crippen LogP) is 16.0. The number of alkyl carbamates (subject to hydrolysis) is 1.